The summed E-state index contributed by atoms with van der Waals surface area (Å²) in [6.45, 7) is 6.39. The number of nitrogens with two attached hydrogens (primary N) is 1. The Bertz CT molecular complexity index is 691. The second kappa shape index (κ2) is 7.90. The third-order valence-electron chi connectivity index (χ3n) is 4.15. The molecule has 0 aliphatic carbocycles. The van der Waals surface area contributed by atoms with Crippen molar-refractivity contribution in [2.75, 3.05) is 37.3 Å². The summed E-state index contributed by atoms with van der Waals surface area (Å²) in [6.07, 6.45) is 3.95. The van der Waals surface area contributed by atoms with E-state index < -0.39 is 0 Å². The molecule has 1 aliphatic heterocycles. The van der Waals surface area contributed by atoms with E-state index in [-0.39, 0.29) is 0 Å². The Morgan fingerprint density at radius 3 is 2.79 bits per heavy atom. The summed E-state index contributed by atoms with van der Waals surface area (Å²) in [5.41, 5.74) is 8.73. The van der Waals surface area contributed by atoms with Crippen LogP contribution < -0.4 is 10.6 Å². The van der Waals surface area contributed by atoms with Gasteiger partial charge in [0.2, 0.25) is 0 Å². The lowest BCUT2D eigenvalue weighted by Gasteiger charge is -2.35. The van der Waals surface area contributed by atoms with E-state index in [9.17, 15) is 0 Å². The van der Waals surface area contributed by atoms with E-state index >= 15 is 0 Å². The minimum Gasteiger partial charge on any atom is -0.370 e. The van der Waals surface area contributed by atoms with Crippen LogP contribution in [-0.4, -0.2) is 48.3 Å². The van der Waals surface area contributed by atoms with E-state index in [0.717, 1.165) is 31.3 Å². The molecule has 5 nitrogen and oxygen atoms in total. The summed E-state index contributed by atoms with van der Waals surface area (Å²) in [6, 6.07) is 6.49. The van der Waals surface area contributed by atoms with Crippen LogP contribution in [0.5, 0.6) is 0 Å². The van der Waals surface area contributed by atoms with Crippen LogP contribution in [0.4, 0.5) is 5.13 Å². The number of piperazine rings is 1. The van der Waals surface area contributed by atoms with E-state index in [0.29, 0.717) is 12.5 Å². The van der Waals surface area contributed by atoms with Gasteiger partial charge in [0, 0.05) is 42.7 Å². The molecule has 2 N–H and O–H groups in total. The Hall–Kier alpha value is -1.73. The van der Waals surface area contributed by atoms with Crippen LogP contribution in [-0.2, 0) is 6.54 Å². The number of thioether (sulfide) groups is 1. The standard InChI is InChI=1S/C17H23N5S2/c1-13-3-4-14(15(11-13)23-2)12-20-16(18)21-6-8-22(9-7-21)17-19-5-10-24-17/h3-5,10-11H,6-9,12H2,1-2H3,(H2,18,20). The highest BCUT2D eigenvalue weighted by Gasteiger charge is 2.19. The molecule has 24 heavy (non-hydrogen) atoms. The Balaban J connectivity index is 1.59. The number of nitrogens with zero attached hydrogens (tertiary/aromatic N) is 4. The lowest BCUT2D eigenvalue weighted by molar-refractivity contribution is 0.380. The number of anilines is 1. The van der Waals surface area contributed by atoms with Gasteiger partial charge in [-0.05, 0) is 30.4 Å². The Morgan fingerprint density at radius 2 is 2.12 bits per heavy atom. The number of aryl methyl sites for hydroxylation is 1. The Morgan fingerprint density at radius 1 is 1.33 bits per heavy atom. The largest absolute Gasteiger partial charge is 0.370 e. The first-order valence-electron chi connectivity index (χ1n) is 8.00. The first-order valence-corrected chi connectivity index (χ1v) is 10.1. The van der Waals surface area contributed by atoms with Crippen LogP contribution in [0.15, 0.2) is 39.7 Å². The maximum atomic E-state index is 6.22. The van der Waals surface area contributed by atoms with Gasteiger partial charge in [0.05, 0.1) is 6.54 Å². The summed E-state index contributed by atoms with van der Waals surface area (Å²) in [4.78, 5) is 14.7. The number of guanidine groups is 1. The monoisotopic (exact) mass is 361 g/mol. The van der Waals surface area contributed by atoms with Crippen LogP contribution in [0.25, 0.3) is 0 Å². The van der Waals surface area contributed by atoms with Crippen molar-refractivity contribution in [2.45, 2.75) is 18.4 Å². The van der Waals surface area contributed by atoms with Gasteiger partial charge in [0.25, 0.3) is 0 Å². The van der Waals surface area contributed by atoms with Crippen molar-refractivity contribution in [3.8, 4) is 0 Å². The van der Waals surface area contributed by atoms with Crippen LogP contribution in [0.3, 0.4) is 0 Å². The predicted molar refractivity (Wildman–Crippen MR) is 104 cm³/mol. The third kappa shape index (κ3) is 4.02. The molecule has 0 saturated carbocycles. The fourth-order valence-corrected chi connectivity index (χ4v) is 4.14. The molecule has 2 aromatic rings. The minimum absolute atomic E-state index is 0.634. The molecule has 0 radical (unpaired) electrons. The number of benzene rings is 1. The molecule has 0 spiro atoms. The average molecular weight is 362 g/mol. The molecule has 0 atom stereocenters. The number of rotatable bonds is 4. The van der Waals surface area contributed by atoms with Crippen LogP contribution in [0, 0.1) is 6.92 Å². The fraction of sp³-hybridized carbons (Fsp3) is 0.412. The zero-order chi connectivity index (χ0) is 16.9. The van der Waals surface area contributed by atoms with Crippen molar-refractivity contribution in [2.24, 2.45) is 10.7 Å². The maximum Gasteiger partial charge on any atom is 0.191 e. The van der Waals surface area contributed by atoms with E-state index in [4.69, 9.17) is 5.73 Å². The smallest absolute Gasteiger partial charge is 0.191 e. The van der Waals surface area contributed by atoms with Gasteiger partial charge in [-0.25, -0.2) is 9.98 Å². The molecule has 1 aromatic heterocycles. The second-order valence-corrected chi connectivity index (χ2v) is 7.50. The van der Waals surface area contributed by atoms with E-state index in [1.54, 1.807) is 23.1 Å². The highest BCUT2D eigenvalue weighted by atomic mass is 32.2. The van der Waals surface area contributed by atoms with Gasteiger partial charge in [-0.2, -0.15) is 0 Å². The van der Waals surface area contributed by atoms with Crippen molar-refractivity contribution in [3.63, 3.8) is 0 Å². The maximum absolute atomic E-state index is 6.22. The quantitative estimate of drug-likeness (QED) is 0.515. The number of aliphatic imine (C=N–C) groups is 1. The van der Waals surface area contributed by atoms with Gasteiger partial charge in [-0.1, -0.05) is 12.1 Å². The van der Waals surface area contributed by atoms with Crippen molar-refractivity contribution >= 4 is 34.2 Å². The molecule has 2 heterocycles. The third-order valence-corrected chi connectivity index (χ3v) is 5.80. The molecule has 1 saturated heterocycles. The minimum atomic E-state index is 0.634. The van der Waals surface area contributed by atoms with Crippen molar-refractivity contribution in [3.05, 3.63) is 40.9 Å². The van der Waals surface area contributed by atoms with E-state index in [1.807, 2.05) is 11.6 Å². The predicted octanol–water partition coefficient (Wildman–Crippen LogP) is 2.81. The number of thiazole rings is 1. The summed E-state index contributed by atoms with van der Waals surface area (Å²) >= 11 is 3.44. The molecule has 1 aromatic carbocycles. The normalized spacial score (nSPS) is 15.8. The lowest BCUT2D eigenvalue weighted by atomic mass is 10.1. The molecule has 128 valence electrons. The fourth-order valence-electron chi connectivity index (χ4n) is 2.75. The van der Waals surface area contributed by atoms with Crippen LogP contribution >= 0.6 is 23.1 Å². The van der Waals surface area contributed by atoms with Crippen molar-refractivity contribution < 1.29 is 0 Å². The molecule has 1 aliphatic rings. The van der Waals surface area contributed by atoms with E-state index in [2.05, 4.69) is 51.2 Å². The summed E-state index contributed by atoms with van der Waals surface area (Å²) in [5.74, 6) is 0.640. The van der Waals surface area contributed by atoms with Crippen LogP contribution in [0.1, 0.15) is 11.1 Å². The Labute approximate surface area is 151 Å². The van der Waals surface area contributed by atoms with Gasteiger partial charge in [0.1, 0.15) is 0 Å². The highest BCUT2D eigenvalue weighted by molar-refractivity contribution is 7.98. The summed E-state index contributed by atoms with van der Waals surface area (Å²) in [7, 11) is 0. The second-order valence-electron chi connectivity index (χ2n) is 5.78. The van der Waals surface area contributed by atoms with Crippen molar-refractivity contribution in [1.82, 2.24) is 9.88 Å². The van der Waals surface area contributed by atoms with Crippen molar-refractivity contribution in [1.29, 1.82) is 0 Å². The number of hydrogen-bond donors (Lipinski definition) is 1. The lowest BCUT2D eigenvalue weighted by Crippen LogP contribution is -2.51. The van der Waals surface area contributed by atoms with Gasteiger partial charge in [-0.3, -0.25) is 0 Å². The SMILES string of the molecule is CSc1cc(C)ccc1CN=C(N)N1CCN(c2nccs2)CC1. The molecule has 7 heteroatoms. The Kier molecular flexibility index (Phi) is 5.63. The average Bonchev–Trinajstić information content (AvgIpc) is 3.15. The van der Waals surface area contributed by atoms with E-state index in [1.165, 1.54) is 16.0 Å². The van der Waals surface area contributed by atoms with Gasteiger partial charge in [-0.15, -0.1) is 23.1 Å². The van der Waals surface area contributed by atoms with Crippen LogP contribution in [0.2, 0.25) is 0 Å². The molecule has 0 unspecified atom stereocenters. The molecular formula is C17H23N5S2. The summed E-state index contributed by atoms with van der Waals surface area (Å²) in [5, 5.41) is 3.11. The van der Waals surface area contributed by atoms with Gasteiger partial charge >= 0.3 is 0 Å². The number of hydrogen-bond acceptors (Lipinski definition) is 5. The zero-order valence-electron chi connectivity index (χ0n) is 14.1. The first kappa shape index (κ1) is 17.1. The molecule has 0 bridgehead atoms. The molecule has 3 rings (SSSR count). The topological polar surface area (TPSA) is 57.8 Å². The molecule has 1 fully saturated rings. The first-order chi connectivity index (χ1) is 11.7. The zero-order valence-corrected chi connectivity index (χ0v) is 15.7. The van der Waals surface area contributed by atoms with Gasteiger partial charge < -0.3 is 15.5 Å². The number of aromatic nitrogens is 1. The highest BCUT2D eigenvalue weighted by Crippen LogP contribution is 2.23. The van der Waals surface area contributed by atoms with Gasteiger partial charge in [0.15, 0.2) is 11.1 Å². The molecule has 0 amide bonds. The summed E-state index contributed by atoms with van der Waals surface area (Å²) < 4.78 is 0. The molecular weight excluding hydrogens is 338 g/mol.